The second kappa shape index (κ2) is 8.75. The monoisotopic (exact) mass is 357 g/mol. The highest BCUT2D eigenvalue weighted by Gasteiger charge is 2.12. The predicted molar refractivity (Wildman–Crippen MR) is 100.0 cm³/mol. The van der Waals surface area contributed by atoms with E-state index in [1.54, 1.807) is 45.5 Å². The Balaban J connectivity index is 2.03. The van der Waals surface area contributed by atoms with Crippen molar-refractivity contribution in [2.24, 2.45) is 0 Å². The molecular weight excluding hydrogens is 334 g/mol. The van der Waals surface area contributed by atoms with Gasteiger partial charge in [-0.2, -0.15) is 0 Å². The third-order valence-electron chi connectivity index (χ3n) is 3.89. The van der Waals surface area contributed by atoms with Gasteiger partial charge in [-0.3, -0.25) is 4.79 Å². The Hall–Kier alpha value is -3.22. The lowest BCUT2D eigenvalue weighted by Gasteiger charge is -2.14. The molecule has 0 aliphatic heterocycles. The molecule has 0 radical (unpaired) electrons. The van der Waals surface area contributed by atoms with E-state index >= 15 is 0 Å². The van der Waals surface area contributed by atoms with Gasteiger partial charge < -0.3 is 25.4 Å². The van der Waals surface area contributed by atoms with E-state index in [-0.39, 0.29) is 18.5 Å². The number of rotatable bonds is 6. The van der Waals surface area contributed by atoms with Crippen molar-refractivity contribution in [2.45, 2.75) is 13.5 Å². The maximum Gasteiger partial charge on any atom is 0.319 e. The van der Waals surface area contributed by atoms with Crippen LogP contribution in [0.5, 0.6) is 11.5 Å². The average molecular weight is 357 g/mol. The van der Waals surface area contributed by atoms with Crippen molar-refractivity contribution >= 4 is 17.6 Å². The summed E-state index contributed by atoms with van der Waals surface area (Å²) in [6.45, 7) is 2.11. The molecule has 0 saturated carbocycles. The predicted octanol–water partition coefficient (Wildman–Crippen LogP) is 2.69. The largest absolute Gasteiger partial charge is 0.493 e. The number of ether oxygens (including phenoxy) is 2. The third kappa shape index (κ3) is 4.44. The van der Waals surface area contributed by atoms with Crippen molar-refractivity contribution in [3.8, 4) is 11.5 Å². The molecule has 0 aliphatic rings. The average Bonchev–Trinajstić information content (AvgIpc) is 2.66. The molecule has 0 heterocycles. The first-order chi connectivity index (χ1) is 12.5. The van der Waals surface area contributed by atoms with Crippen LogP contribution in [0.4, 0.5) is 10.5 Å². The van der Waals surface area contributed by atoms with Crippen LogP contribution < -0.4 is 25.4 Å². The Morgan fingerprint density at radius 1 is 1.08 bits per heavy atom. The first kappa shape index (κ1) is 19.1. The zero-order valence-electron chi connectivity index (χ0n) is 15.3. The quantitative estimate of drug-likeness (QED) is 0.742. The number of para-hydroxylation sites is 1. The van der Waals surface area contributed by atoms with Crippen molar-refractivity contribution in [1.82, 2.24) is 10.6 Å². The molecule has 26 heavy (non-hydrogen) atoms. The van der Waals surface area contributed by atoms with Gasteiger partial charge in [0, 0.05) is 30.4 Å². The van der Waals surface area contributed by atoms with Gasteiger partial charge in [-0.1, -0.05) is 12.1 Å². The van der Waals surface area contributed by atoms with Crippen LogP contribution >= 0.6 is 0 Å². The molecule has 138 valence electrons. The number of carbonyl (C=O) groups excluding carboxylic acids is 2. The first-order valence-corrected chi connectivity index (χ1v) is 8.07. The lowest BCUT2D eigenvalue weighted by molar-refractivity contribution is 0.0963. The highest BCUT2D eigenvalue weighted by Crippen LogP contribution is 2.30. The molecule has 0 aromatic heterocycles. The first-order valence-electron chi connectivity index (χ1n) is 8.07. The molecule has 2 aromatic carbocycles. The van der Waals surface area contributed by atoms with Crippen molar-refractivity contribution in [3.05, 3.63) is 53.1 Å². The Morgan fingerprint density at radius 3 is 2.46 bits per heavy atom. The number of anilines is 1. The molecule has 0 fully saturated rings. The fourth-order valence-electron chi connectivity index (χ4n) is 2.52. The molecule has 0 spiro atoms. The van der Waals surface area contributed by atoms with E-state index in [9.17, 15) is 9.59 Å². The molecule has 0 unspecified atom stereocenters. The Labute approximate surface area is 152 Å². The van der Waals surface area contributed by atoms with Crippen molar-refractivity contribution in [2.75, 3.05) is 26.6 Å². The summed E-state index contributed by atoms with van der Waals surface area (Å²) in [5.41, 5.74) is 2.76. The Morgan fingerprint density at radius 2 is 1.85 bits per heavy atom. The van der Waals surface area contributed by atoms with Gasteiger partial charge in [-0.15, -0.1) is 0 Å². The summed E-state index contributed by atoms with van der Waals surface area (Å²) in [4.78, 5) is 23.8. The molecule has 7 heteroatoms. The number of aryl methyl sites for hydroxylation is 1. The number of carbonyl (C=O) groups is 2. The Bertz CT molecular complexity index is 805. The summed E-state index contributed by atoms with van der Waals surface area (Å²) >= 11 is 0. The van der Waals surface area contributed by atoms with Gasteiger partial charge in [0.15, 0.2) is 11.5 Å². The summed E-state index contributed by atoms with van der Waals surface area (Å²) in [5, 5.41) is 8.13. The number of hydrogen-bond donors (Lipinski definition) is 3. The minimum absolute atomic E-state index is 0.172. The third-order valence-corrected chi connectivity index (χ3v) is 3.89. The van der Waals surface area contributed by atoms with Gasteiger partial charge >= 0.3 is 6.03 Å². The van der Waals surface area contributed by atoms with Gasteiger partial charge in [0.25, 0.3) is 5.91 Å². The van der Waals surface area contributed by atoms with E-state index < -0.39 is 0 Å². The second-order valence-corrected chi connectivity index (χ2v) is 5.57. The minimum atomic E-state index is -0.356. The standard InChI is InChI=1S/C19H23N3O4/c1-12-10-13(18(23)20-2)8-9-15(12)22-19(24)21-11-14-6-5-7-16(25-3)17(14)26-4/h5-10H,11H2,1-4H3,(H,20,23)(H2,21,22,24). The molecule has 2 rings (SSSR count). The number of hydrogen-bond acceptors (Lipinski definition) is 4. The van der Waals surface area contributed by atoms with Gasteiger partial charge in [0.1, 0.15) is 0 Å². The molecule has 0 atom stereocenters. The van der Waals surface area contributed by atoms with E-state index in [1.807, 2.05) is 19.1 Å². The number of methoxy groups -OCH3 is 2. The molecule has 3 amide bonds. The van der Waals surface area contributed by atoms with E-state index in [1.165, 1.54) is 0 Å². The zero-order valence-corrected chi connectivity index (χ0v) is 15.3. The van der Waals surface area contributed by atoms with E-state index in [4.69, 9.17) is 9.47 Å². The molecular formula is C19H23N3O4. The maximum absolute atomic E-state index is 12.2. The van der Waals surface area contributed by atoms with Gasteiger partial charge in [0.2, 0.25) is 0 Å². The number of urea groups is 1. The van der Waals surface area contributed by atoms with E-state index in [0.717, 1.165) is 11.1 Å². The zero-order chi connectivity index (χ0) is 19.1. The van der Waals surface area contributed by atoms with Crippen molar-refractivity contribution in [3.63, 3.8) is 0 Å². The number of amides is 3. The normalized spacial score (nSPS) is 10.0. The molecule has 2 aromatic rings. The van der Waals surface area contributed by atoms with Gasteiger partial charge in [0.05, 0.1) is 14.2 Å². The molecule has 0 saturated heterocycles. The molecule has 3 N–H and O–H groups in total. The van der Waals surface area contributed by atoms with Crippen LogP contribution in [-0.4, -0.2) is 33.2 Å². The minimum Gasteiger partial charge on any atom is -0.493 e. The van der Waals surface area contributed by atoms with Gasteiger partial charge in [-0.05, 0) is 36.8 Å². The summed E-state index contributed by atoms with van der Waals surface area (Å²) in [7, 11) is 4.69. The van der Waals surface area contributed by atoms with Crippen LogP contribution in [0, 0.1) is 6.92 Å². The lowest BCUT2D eigenvalue weighted by Crippen LogP contribution is -2.28. The van der Waals surface area contributed by atoms with Gasteiger partial charge in [-0.25, -0.2) is 4.79 Å². The fourth-order valence-corrected chi connectivity index (χ4v) is 2.52. The Kier molecular flexibility index (Phi) is 6.43. The van der Waals surface area contributed by atoms with Crippen molar-refractivity contribution in [1.29, 1.82) is 0 Å². The van der Waals surface area contributed by atoms with Crippen LogP contribution in [0.3, 0.4) is 0 Å². The number of benzene rings is 2. The SMILES string of the molecule is CNC(=O)c1ccc(NC(=O)NCc2cccc(OC)c2OC)c(C)c1. The topological polar surface area (TPSA) is 88.7 Å². The smallest absolute Gasteiger partial charge is 0.319 e. The van der Waals surface area contributed by atoms with Crippen LogP contribution in [0.1, 0.15) is 21.5 Å². The molecule has 0 bridgehead atoms. The van der Waals surface area contributed by atoms with Crippen LogP contribution in [0.25, 0.3) is 0 Å². The second-order valence-electron chi connectivity index (χ2n) is 5.57. The molecule has 7 nitrogen and oxygen atoms in total. The van der Waals surface area contributed by atoms with Crippen molar-refractivity contribution < 1.29 is 19.1 Å². The van der Waals surface area contributed by atoms with E-state index in [0.29, 0.717) is 22.7 Å². The molecule has 0 aliphatic carbocycles. The highest BCUT2D eigenvalue weighted by molar-refractivity contribution is 5.96. The fraction of sp³-hybridized carbons (Fsp3) is 0.263. The van der Waals surface area contributed by atoms with Crippen LogP contribution in [0.15, 0.2) is 36.4 Å². The summed E-state index contributed by atoms with van der Waals surface area (Å²) in [6, 6.07) is 10.2. The van der Waals surface area contributed by atoms with E-state index in [2.05, 4.69) is 16.0 Å². The summed E-state index contributed by atoms with van der Waals surface area (Å²) in [5.74, 6) is 1.02. The number of nitrogens with one attached hydrogen (secondary N) is 3. The summed E-state index contributed by atoms with van der Waals surface area (Å²) < 4.78 is 10.6. The lowest BCUT2D eigenvalue weighted by atomic mass is 10.1. The highest BCUT2D eigenvalue weighted by atomic mass is 16.5. The summed E-state index contributed by atoms with van der Waals surface area (Å²) in [6.07, 6.45) is 0. The maximum atomic E-state index is 12.2. The van der Waals surface area contributed by atoms with Crippen LogP contribution in [-0.2, 0) is 6.54 Å². The van der Waals surface area contributed by atoms with Crippen LogP contribution in [0.2, 0.25) is 0 Å².